The zero-order valence-electron chi connectivity index (χ0n) is 14.5. The summed E-state index contributed by atoms with van der Waals surface area (Å²) in [4.78, 5) is 12.1. The molecule has 0 N–H and O–H groups in total. The quantitative estimate of drug-likeness (QED) is 0.535. The van der Waals surface area contributed by atoms with Crippen LogP contribution in [0.15, 0.2) is 23.1 Å². The molecule has 0 unspecified atom stereocenters. The summed E-state index contributed by atoms with van der Waals surface area (Å²) < 4.78 is 7.48. The Morgan fingerprint density at radius 3 is 1.81 bits per heavy atom. The summed E-state index contributed by atoms with van der Waals surface area (Å²) in [6, 6.07) is 4.26. The first-order valence-corrected chi connectivity index (χ1v) is 16.2. The van der Waals surface area contributed by atoms with Crippen molar-refractivity contribution in [1.82, 2.24) is 4.57 Å². The van der Waals surface area contributed by atoms with E-state index in [4.69, 9.17) is 0 Å². The summed E-state index contributed by atoms with van der Waals surface area (Å²) in [5.74, 6) is 0. The van der Waals surface area contributed by atoms with Crippen LogP contribution in [-0.2, 0) is 7.05 Å². The molecule has 0 saturated heterocycles. The molecule has 0 aliphatic heterocycles. The zero-order chi connectivity index (χ0) is 15.7. The van der Waals surface area contributed by atoms with E-state index in [1.54, 1.807) is 4.57 Å². The second-order valence-corrected chi connectivity index (χ2v) is 19.7. The fraction of sp³-hybridized carbons (Fsp3) is 0.722. The van der Waals surface area contributed by atoms with Gasteiger partial charge in [-0.3, -0.25) is 0 Å². The fourth-order valence-corrected chi connectivity index (χ4v) is 19.1. The summed E-state index contributed by atoms with van der Waals surface area (Å²) >= 11 is -2.38. The van der Waals surface area contributed by atoms with E-state index in [2.05, 4.69) is 26.8 Å². The van der Waals surface area contributed by atoms with Gasteiger partial charge in [-0.1, -0.05) is 0 Å². The number of hydrogen-bond acceptors (Lipinski definition) is 1. The summed E-state index contributed by atoms with van der Waals surface area (Å²) in [5.41, 5.74) is 0.179. The molecule has 0 atom stereocenters. The molecule has 3 heteroatoms. The van der Waals surface area contributed by atoms with Crippen molar-refractivity contribution in [3.63, 3.8) is 0 Å². The second kappa shape index (κ2) is 9.70. The molecule has 0 aliphatic carbocycles. The molecular weight excluding hydrogens is 365 g/mol. The van der Waals surface area contributed by atoms with Gasteiger partial charge in [0.25, 0.3) is 0 Å². The van der Waals surface area contributed by atoms with E-state index in [0.29, 0.717) is 0 Å². The molecule has 21 heavy (non-hydrogen) atoms. The monoisotopic (exact) mass is 399 g/mol. The Kier molecular flexibility index (Phi) is 8.68. The van der Waals surface area contributed by atoms with Crippen LogP contribution in [0.2, 0.25) is 13.3 Å². The van der Waals surface area contributed by atoms with Gasteiger partial charge in [0.05, 0.1) is 0 Å². The number of nitrogens with zero attached hydrogens (tertiary/aromatic N) is 1. The molecule has 0 saturated carbocycles. The van der Waals surface area contributed by atoms with Crippen LogP contribution < -0.4 is 9.14 Å². The van der Waals surface area contributed by atoms with Crippen LogP contribution in [0.5, 0.6) is 0 Å². The molecule has 120 valence electrons. The second-order valence-electron chi connectivity index (χ2n) is 6.46. The minimum absolute atomic E-state index is 0.179. The Hall–Kier alpha value is -0.251. The van der Waals surface area contributed by atoms with Gasteiger partial charge in [0.1, 0.15) is 0 Å². The van der Waals surface area contributed by atoms with Crippen molar-refractivity contribution in [3.8, 4) is 0 Å². The number of unbranched alkanes of at least 4 members (excludes halogenated alkanes) is 3. The Labute approximate surface area is 134 Å². The molecule has 0 spiro atoms. The first kappa shape index (κ1) is 18.8. The van der Waals surface area contributed by atoms with E-state index in [9.17, 15) is 4.79 Å². The van der Waals surface area contributed by atoms with E-state index < -0.39 is 18.4 Å². The third-order valence-corrected chi connectivity index (χ3v) is 20.3. The Bertz CT molecular complexity index is 445. The van der Waals surface area contributed by atoms with Crippen LogP contribution in [0.1, 0.15) is 59.3 Å². The summed E-state index contributed by atoms with van der Waals surface area (Å²) in [6.45, 7) is 6.88. The van der Waals surface area contributed by atoms with Gasteiger partial charge in [0, 0.05) is 0 Å². The van der Waals surface area contributed by atoms with Crippen LogP contribution in [0.4, 0.5) is 0 Å². The summed E-state index contributed by atoms with van der Waals surface area (Å²) in [6.07, 6.45) is 9.87. The normalized spacial score (nSPS) is 11.8. The van der Waals surface area contributed by atoms with Gasteiger partial charge in [-0.2, -0.15) is 0 Å². The van der Waals surface area contributed by atoms with Crippen LogP contribution in [0.25, 0.3) is 0 Å². The maximum absolute atomic E-state index is 12.1. The average molecular weight is 398 g/mol. The molecule has 1 heterocycles. The minimum atomic E-state index is -2.38. The fourth-order valence-electron chi connectivity index (χ4n) is 3.23. The molecular formula is C18H33NOSn. The van der Waals surface area contributed by atoms with E-state index in [1.165, 1.54) is 55.4 Å². The molecule has 0 fully saturated rings. The standard InChI is InChI=1S/C6H6NO.3C4H9.Sn/c1-7-5-3-2-4-6(7)8;3*1-3-4-2;/h3-5H,1H3;3*1,3-4H2,2H3;. The van der Waals surface area contributed by atoms with Crippen LogP contribution in [0.3, 0.4) is 0 Å². The SMILES string of the molecule is CCC[CH2][Sn]([CH2]CCC)([CH2]CCC)[c]1ccn(C)c(=O)c1. The van der Waals surface area contributed by atoms with Gasteiger partial charge >= 0.3 is 135 Å². The van der Waals surface area contributed by atoms with Gasteiger partial charge in [-0.15, -0.1) is 0 Å². The number of aryl methyl sites for hydroxylation is 1. The van der Waals surface area contributed by atoms with Gasteiger partial charge in [0.2, 0.25) is 0 Å². The van der Waals surface area contributed by atoms with Crippen LogP contribution in [0, 0.1) is 0 Å². The number of aromatic nitrogens is 1. The zero-order valence-corrected chi connectivity index (χ0v) is 17.3. The van der Waals surface area contributed by atoms with E-state index in [1.807, 2.05) is 19.3 Å². The predicted octanol–water partition coefficient (Wildman–Crippen LogP) is 4.44. The number of pyridine rings is 1. The molecule has 1 rings (SSSR count). The molecule has 1 aromatic rings. The van der Waals surface area contributed by atoms with Crippen molar-refractivity contribution >= 4 is 22.0 Å². The van der Waals surface area contributed by atoms with E-state index in [0.717, 1.165) is 0 Å². The summed E-state index contributed by atoms with van der Waals surface area (Å²) in [7, 11) is 1.85. The molecule has 0 aromatic carbocycles. The third-order valence-electron chi connectivity index (χ3n) is 4.74. The molecule has 0 bridgehead atoms. The topological polar surface area (TPSA) is 22.0 Å². The third kappa shape index (κ3) is 5.46. The average Bonchev–Trinajstić information content (AvgIpc) is 2.50. The Morgan fingerprint density at radius 2 is 1.43 bits per heavy atom. The van der Waals surface area contributed by atoms with Crippen molar-refractivity contribution in [2.45, 2.75) is 72.6 Å². The number of hydrogen-bond donors (Lipinski definition) is 0. The van der Waals surface area contributed by atoms with E-state index in [-0.39, 0.29) is 5.56 Å². The summed E-state index contributed by atoms with van der Waals surface area (Å²) in [5, 5.41) is 0. The first-order valence-electron chi connectivity index (χ1n) is 8.76. The van der Waals surface area contributed by atoms with Crippen LogP contribution >= 0.6 is 0 Å². The van der Waals surface area contributed by atoms with Crippen molar-refractivity contribution in [1.29, 1.82) is 0 Å². The molecule has 2 nitrogen and oxygen atoms in total. The predicted molar refractivity (Wildman–Crippen MR) is 96.2 cm³/mol. The van der Waals surface area contributed by atoms with Crippen molar-refractivity contribution < 1.29 is 0 Å². The Morgan fingerprint density at radius 1 is 0.952 bits per heavy atom. The van der Waals surface area contributed by atoms with Crippen molar-refractivity contribution in [2.75, 3.05) is 0 Å². The molecule has 0 amide bonds. The van der Waals surface area contributed by atoms with Gasteiger partial charge in [0.15, 0.2) is 0 Å². The van der Waals surface area contributed by atoms with Gasteiger partial charge in [-0.25, -0.2) is 0 Å². The van der Waals surface area contributed by atoms with Crippen LogP contribution in [-0.4, -0.2) is 22.9 Å². The molecule has 1 aromatic heterocycles. The Balaban J connectivity index is 3.15. The maximum atomic E-state index is 12.1. The van der Waals surface area contributed by atoms with Crippen molar-refractivity contribution in [3.05, 3.63) is 28.7 Å². The van der Waals surface area contributed by atoms with E-state index >= 15 is 0 Å². The van der Waals surface area contributed by atoms with Gasteiger partial charge < -0.3 is 0 Å². The first-order chi connectivity index (χ1) is 10.1. The number of rotatable bonds is 10. The molecule has 0 radical (unpaired) electrons. The van der Waals surface area contributed by atoms with Crippen molar-refractivity contribution in [2.24, 2.45) is 7.05 Å². The molecule has 0 aliphatic rings. The van der Waals surface area contributed by atoms with Gasteiger partial charge in [-0.05, 0) is 0 Å².